The lowest BCUT2D eigenvalue weighted by Gasteiger charge is -2.20. The molecule has 2 nitrogen and oxygen atoms in total. The first kappa shape index (κ1) is 16.1. The van der Waals surface area contributed by atoms with Gasteiger partial charge in [-0.05, 0) is 39.4 Å². The smallest absolute Gasteiger partial charge is 0.307 e. The molecular formula is C13H19F3N2S2. The Morgan fingerprint density at radius 2 is 2.00 bits per heavy atom. The van der Waals surface area contributed by atoms with Crippen LogP contribution >= 0.6 is 23.1 Å². The molecular weight excluding hydrogens is 305 g/mol. The topological polar surface area (TPSA) is 24.9 Å². The van der Waals surface area contributed by atoms with Crippen LogP contribution < -0.4 is 5.32 Å². The summed E-state index contributed by atoms with van der Waals surface area (Å²) in [5.74, 6) is 1.02. The van der Waals surface area contributed by atoms with Crippen molar-refractivity contribution < 1.29 is 13.2 Å². The molecule has 7 heteroatoms. The third kappa shape index (κ3) is 4.11. The fourth-order valence-corrected chi connectivity index (χ4v) is 4.50. The van der Waals surface area contributed by atoms with Crippen LogP contribution in [0.2, 0.25) is 0 Å². The van der Waals surface area contributed by atoms with Gasteiger partial charge < -0.3 is 5.32 Å². The zero-order valence-electron chi connectivity index (χ0n) is 11.8. The van der Waals surface area contributed by atoms with Gasteiger partial charge in [-0.25, -0.2) is 4.98 Å². The molecule has 1 fully saturated rings. The Morgan fingerprint density at radius 1 is 1.30 bits per heavy atom. The van der Waals surface area contributed by atoms with Gasteiger partial charge in [0.25, 0.3) is 0 Å². The van der Waals surface area contributed by atoms with Crippen LogP contribution in [0.1, 0.15) is 54.4 Å². The Hall–Kier alpha value is -0.270. The van der Waals surface area contributed by atoms with Gasteiger partial charge in [-0.3, -0.25) is 0 Å². The number of rotatable bonds is 3. The molecule has 2 heterocycles. The van der Waals surface area contributed by atoms with Crippen molar-refractivity contribution in [2.24, 2.45) is 0 Å². The van der Waals surface area contributed by atoms with Crippen LogP contribution in [0, 0.1) is 0 Å². The van der Waals surface area contributed by atoms with Gasteiger partial charge in [-0.1, -0.05) is 0 Å². The van der Waals surface area contributed by atoms with Gasteiger partial charge >= 0.3 is 6.18 Å². The SMILES string of the molecule is CC(C)(C)NCc1sc(C2CCCS2)nc1C(F)(F)F. The quantitative estimate of drug-likeness (QED) is 0.878. The zero-order chi connectivity index (χ0) is 15.0. The summed E-state index contributed by atoms with van der Waals surface area (Å²) in [6.07, 6.45) is -2.37. The third-order valence-electron chi connectivity index (χ3n) is 2.97. The second-order valence-corrected chi connectivity index (χ2v) is 8.35. The van der Waals surface area contributed by atoms with Gasteiger partial charge in [0.15, 0.2) is 5.69 Å². The van der Waals surface area contributed by atoms with E-state index in [0.717, 1.165) is 18.6 Å². The second-order valence-electron chi connectivity index (χ2n) is 5.93. The Bertz CT molecular complexity index is 457. The monoisotopic (exact) mass is 324 g/mol. The predicted molar refractivity (Wildman–Crippen MR) is 78.1 cm³/mol. The fourth-order valence-electron chi connectivity index (χ4n) is 1.97. The van der Waals surface area contributed by atoms with Gasteiger partial charge in [0, 0.05) is 12.1 Å². The molecule has 0 bridgehead atoms. The molecule has 2 rings (SSSR count). The number of thioether (sulfide) groups is 1. The van der Waals surface area contributed by atoms with Crippen molar-refractivity contribution in [2.45, 2.75) is 57.1 Å². The highest BCUT2D eigenvalue weighted by Gasteiger charge is 2.38. The molecule has 0 aliphatic carbocycles. The van der Waals surface area contributed by atoms with E-state index in [1.165, 1.54) is 11.3 Å². The highest BCUT2D eigenvalue weighted by molar-refractivity contribution is 7.99. The highest BCUT2D eigenvalue weighted by Crippen LogP contribution is 2.44. The number of thiazole rings is 1. The average Bonchev–Trinajstić information content (AvgIpc) is 2.93. The second kappa shape index (κ2) is 5.85. The summed E-state index contributed by atoms with van der Waals surface area (Å²) < 4.78 is 39.2. The third-order valence-corrected chi connectivity index (χ3v) is 5.67. The lowest BCUT2D eigenvalue weighted by molar-refractivity contribution is -0.141. The minimum atomic E-state index is -4.37. The van der Waals surface area contributed by atoms with Gasteiger partial charge in [0.2, 0.25) is 0 Å². The summed E-state index contributed by atoms with van der Waals surface area (Å²) in [5, 5.41) is 3.89. The molecule has 0 aromatic carbocycles. The molecule has 1 unspecified atom stereocenters. The van der Waals surface area contributed by atoms with Crippen LogP contribution in [0.15, 0.2) is 0 Å². The van der Waals surface area contributed by atoms with Crippen molar-refractivity contribution in [3.05, 3.63) is 15.6 Å². The Morgan fingerprint density at radius 3 is 2.50 bits per heavy atom. The number of nitrogens with one attached hydrogen (secondary N) is 1. The van der Waals surface area contributed by atoms with Crippen LogP contribution in [0.5, 0.6) is 0 Å². The number of nitrogens with zero attached hydrogens (tertiary/aromatic N) is 1. The van der Waals surface area contributed by atoms with Crippen LogP contribution in [-0.2, 0) is 12.7 Å². The summed E-state index contributed by atoms with van der Waals surface area (Å²) in [4.78, 5) is 4.20. The van der Waals surface area contributed by atoms with E-state index in [2.05, 4.69) is 10.3 Å². The lowest BCUT2D eigenvalue weighted by atomic mass is 10.1. The molecule has 1 aliphatic heterocycles. The number of aromatic nitrogens is 1. The summed E-state index contributed by atoms with van der Waals surface area (Å²) in [6.45, 7) is 6.03. The Labute approximate surface area is 125 Å². The van der Waals surface area contributed by atoms with Crippen molar-refractivity contribution in [2.75, 3.05) is 5.75 Å². The largest absolute Gasteiger partial charge is 0.434 e. The van der Waals surface area contributed by atoms with Crippen molar-refractivity contribution in [1.82, 2.24) is 10.3 Å². The molecule has 20 heavy (non-hydrogen) atoms. The van der Waals surface area contributed by atoms with Gasteiger partial charge in [-0.15, -0.1) is 11.3 Å². The van der Waals surface area contributed by atoms with Crippen molar-refractivity contribution in [3.8, 4) is 0 Å². The van der Waals surface area contributed by atoms with E-state index in [4.69, 9.17) is 0 Å². The molecule has 0 radical (unpaired) electrons. The molecule has 0 amide bonds. The van der Waals surface area contributed by atoms with Crippen LogP contribution in [0.25, 0.3) is 0 Å². The summed E-state index contributed by atoms with van der Waals surface area (Å²) >= 11 is 2.92. The van der Waals surface area contributed by atoms with E-state index in [1.807, 2.05) is 20.8 Å². The lowest BCUT2D eigenvalue weighted by Crippen LogP contribution is -2.35. The zero-order valence-corrected chi connectivity index (χ0v) is 13.4. The molecule has 1 aliphatic rings. The van der Waals surface area contributed by atoms with Crippen molar-refractivity contribution in [1.29, 1.82) is 0 Å². The van der Waals surface area contributed by atoms with Gasteiger partial charge in [0.05, 0.1) is 10.1 Å². The minimum absolute atomic E-state index is 0.143. The molecule has 1 N–H and O–H groups in total. The number of halogens is 3. The minimum Gasteiger partial charge on any atom is -0.307 e. The predicted octanol–water partition coefficient (Wildman–Crippen LogP) is 4.62. The van der Waals surface area contributed by atoms with E-state index in [-0.39, 0.29) is 17.3 Å². The molecule has 0 saturated carbocycles. The Balaban J connectivity index is 2.23. The van der Waals surface area contributed by atoms with E-state index in [0.29, 0.717) is 9.88 Å². The maximum Gasteiger partial charge on any atom is 0.434 e. The summed E-state index contributed by atoms with van der Waals surface area (Å²) in [5.41, 5.74) is -0.920. The van der Waals surface area contributed by atoms with Crippen LogP contribution in [-0.4, -0.2) is 16.3 Å². The maximum absolute atomic E-state index is 13.1. The van der Waals surface area contributed by atoms with Crippen molar-refractivity contribution >= 4 is 23.1 Å². The first-order valence-corrected chi connectivity index (χ1v) is 8.47. The van der Waals surface area contributed by atoms with E-state index < -0.39 is 11.9 Å². The fraction of sp³-hybridized carbons (Fsp3) is 0.769. The Kier molecular flexibility index (Phi) is 4.71. The van der Waals surface area contributed by atoms with Crippen molar-refractivity contribution in [3.63, 3.8) is 0 Å². The van der Waals surface area contributed by atoms with Gasteiger partial charge in [0.1, 0.15) is 5.01 Å². The number of hydrogen-bond acceptors (Lipinski definition) is 4. The molecule has 1 aromatic heterocycles. The summed E-state index contributed by atoms with van der Waals surface area (Å²) in [7, 11) is 0. The normalized spacial score (nSPS) is 20.6. The first-order valence-electron chi connectivity index (χ1n) is 6.60. The van der Waals surface area contributed by atoms with E-state index in [1.54, 1.807) is 11.8 Å². The van der Waals surface area contributed by atoms with Crippen LogP contribution in [0.4, 0.5) is 13.2 Å². The molecule has 1 aromatic rings. The molecule has 0 spiro atoms. The molecule has 114 valence electrons. The average molecular weight is 324 g/mol. The van der Waals surface area contributed by atoms with Crippen LogP contribution in [0.3, 0.4) is 0 Å². The number of hydrogen-bond donors (Lipinski definition) is 1. The maximum atomic E-state index is 13.1. The standard InChI is InChI=1S/C13H19F3N2S2/c1-12(2,3)17-7-9-10(13(14,15)16)18-11(20-9)8-5-4-6-19-8/h8,17H,4-7H2,1-3H3. The molecule has 1 saturated heterocycles. The highest BCUT2D eigenvalue weighted by atomic mass is 32.2. The van der Waals surface area contributed by atoms with E-state index >= 15 is 0 Å². The first-order chi connectivity index (χ1) is 9.17. The van der Waals surface area contributed by atoms with E-state index in [9.17, 15) is 13.2 Å². The number of alkyl halides is 3. The summed E-state index contributed by atoms with van der Waals surface area (Å²) in [6, 6.07) is 0. The van der Waals surface area contributed by atoms with Gasteiger partial charge in [-0.2, -0.15) is 24.9 Å². The molecule has 1 atom stereocenters.